The highest BCUT2D eigenvalue weighted by Crippen LogP contribution is 2.47. The normalized spacial score (nSPS) is 27.6. The van der Waals surface area contributed by atoms with Crippen LogP contribution in [0.1, 0.15) is 12.5 Å². The monoisotopic (exact) mass is 228 g/mol. The number of carbonyl (C=O) groups is 1. The van der Waals surface area contributed by atoms with Gasteiger partial charge in [0.1, 0.15) is 17.2 Å². The predicted octanol–water partition coefficient (Wildman–Crippen LogP) is 1.75. The maximum Gasteiger partial charge on any atom is 0.338 e. The Labute approximate surface area is 91.0 Å². The second-order valence-electron chi connectivity index (χ2n) is 3.75. The Balaban J connectivity index is 2.30. The number of benzene rings is 1. The Morgan fingerprint density at radius 1 is 1.50 bits per heavy atom. The molecule has 1 heterocycles. The second kappa shape index (κ2) is 3.52. The van der Waals surface area contributed by atoms with Crippen LogP contribution in [-0.4, -0.2) is 19.2 Å². The zero-order chi connectivity index (χ0) is 11.9. The van der Waals surface area contributed by atoms with Crippen molar-refractivity contribution in [1.82, 2.24) is 0 Å². The van der Waals surface area contributed by atoms with E-state index in [0.717, 1.165) is 12.1 Å². The summed E-state index contributed by atoms with van der Waals surface area (Å²) in [5, 5.41) is 0. The summed E-state index contributed by atoms with van der Waals surface area (Å²) in [6.07, 6.45) is -0.822. The van der Waals surface area contributed by atoms with Crippen molar-refractivity contribution < 1.29 is 23.0 Å². The van der Waals surface area contributed by atoms with Gasteiger partial charge in [0.05, 0.1) is 7.11 Å². The van der Waals surface area contributed by atoms with Crippen molar-refractivity contribution in [2.24, 2.45) is 0 Å². The molecule has 0 saturated carbocycles. The minimum atomic E-state index is -1.05. The van der Waals surface area contributed by atoms with Crippen molar-refractivity contribution in [3.8, 4) is 0 Å². The van der Waals surface area contributed by atoms with Gasteiger partial charge < -0.3 is 9.47 Å². The Morgan fingerprint density at radius 2 is 2.19 bits per heavy atom. The molecular formula is C11H10F2O3. The SMILES string of the molecule is COC(=O)C1OC1(C)c1ccc(F)cc1F. The number of epoxide rings is 1. The number of rotatable bonds is 2. The zero-order valence-electron chi connectivity index (χ0n) is 8.79. The fourth-order valence-corrected chi connectivity index (χ4v) is 1.69. The van der Waals surface area contributed by atoms with E-state index in [9.17, 15) is 13.6 Å². The van der Waals surface area contributed by atoms with Gasteiger partial charge in [0.2, 0.25) is 0 Å². The first-order chi connectivity index (χ1) is 7.49. The quantitative estimate of drug-likeness (QED) is 0.571. The summed E-state index contributed by atoms with van der Waals surface area (Å²) in [6.45, 7) is 1.56. The third-order valence-electron chi connectivity index (χ3n) is 2.69. The molecule has 1 aromatic rings. The highest BCUT2D eigenvalue weighted by Gasteiger charge is 2.60. The second-order valence-corrected chi connectivity index (χ2v) is 3.75. The summed E-state index contributed by atoms with van der Waals surface area (Å²) in [4.78, 5) is 11.2. The van der Waals surface area contributed by atoms with Crippen LogP contribution in [0, 0.1) is 11.6 Å². The average molecular weight is 228 g/mol. The topological polar surface area (TPSA) is 38.8 Å². The van der Waals surface area contributed by atoms with E-state index in [1.54, 1.807) is 6.92 Å². The van der Waals surface area contributed by atoms with E-state index in [1.165, 1.54) is 13.2 Å². The van der Waals surface area contributed by atoms with E-state index in [0.29, 0.717) is 0 Å². The number of methoxy groups -OCH3 is 1. The van der Waals surface area contributed by atoms with Gasteiger partial charge in [0.25, 0.3) is 0 Å². The van der Waals surface area contributed by atoms with Crippen molar-refractivity contribution >= 4 is 5.97 Å². The fourth-order valence-electron chi connectivity index (χ4n) is 1.69. The fraction of sp³-hybridized carbons (Fsp3) is 0.364. The Morgan fingerprint density at radius 3 is 2.75 bits per heavy atom. The molecule has 0 radical (unpaired) electrons. The molecular weight excluding hydrogens is 218 g/mol. The van der Waals surface area contributed by atoms with E-state index in [1.807, 2.05) is 0 Å². The molecule has 0 amide bonds. The van der Waals surface area contributed by atoms with Crippen LogP contribution in [0.4, 0.5) is 8.78 Å². The molecule has 1 aliphatic rings. The highest BCUT2D eigenvalue weighted by molar-refractivity contribution is 5.79. The van der Waals surface area contributed by atoms with E-state index >= 15 is 0 Å². The van der Waals surface area contributed by atoms with Crippen LogP contribution in [0.25, 0.3) is 0 Å². The standard InChI is InChI=1S/C11H10F2O3/c1-11(9(16-11)10(14)15-2)7-4-3-6(12)5-8(7)13/h3-5,9H,1-2H3. The number of hydrogen-bond acceptors (Lipinski definition) is 3. The largest absolute Gasteiger partial charge is 0.467 e. The minimum absolute atomic E-state index is 0.157. The Hall–Kier alpha value is -1.49. The van der Waals surface area contributed by atoms with Crippen molar-refractivity contribution in [2.75, 3.05) is 7.11 Å². The van der Waals surface area contributed by atoms with Gasteiger partial charge >= 0.3 is 5.97 Å². The summed E-state index contributed by atoms with van der Waals surface area (Å²) >= 11 is 0. The number of ether oxygens (including phenoxy) is 2. The lowest BCUT2D eigenvalue weighted by atomic mass is 9.97. The Bertz CT molecular complexity index is 447. The molecule has 0 spiro atoms. The van der Waals surface area contributed by atoms with Gasteiger partial charge in [-0.25, -0.2) is 13.6 Å². The van der Waals surface area contributed by atoms with Crippen molar-refractivity contribution in [3.63, 3.8) is 0 Å². The molecule has 1 fully saturated rings. The zero-order valence-corrected chi connectivity index (χ0v) is 8.79. The van der Waals surface area contributed by atoms with Crippen LogP contribution < -0.4 is 0 Å². The first-order valence-electron chi connectivity index (χ1n) is 4.70. The van der Waals surface area contributed by atoms with Crippen LogP contribution in [0.2, 0.25) is 0 Å². The molecule has 0 aliphatic carbocycles. The predicted molar refractivity (Wildman–Crippen MR) is 50.6 cm³/mol. The molecule has 5 heteroatoms. The summed E-state index contributed by atoms with van der Waals surface area (Å²) in [5.74, 6) is -1.96. The summed E-state index contributed by atoms with van der Waals surface area (Å²) in [7, 11) is 1.23. The first-order valence-corrected chi connectivity index (χ1v) is 4.70. The molecule has 0 bridgehead atoms. The van der Waals surface area contributed by atoms with Crippen LogP contribution >= 0.6 is 0 Å². The average Bonchev–Trinajstić information content (AvgIpc) is 2.90. The summed E-state index contributed by atoms with van der Waals surface area (Å²) in [5.41, 5.74) is -0.894. The Kier molecular flexibility index (Phi) is 2.42. The molecule has 2 unspecified atom stereocenters. The molecule has 0 N–H and O–H groups in total. The highest BCUT2D eigenvalue weighted by atomic mass is 19.1. The molecule has 3 nitrogen and oxygen atoms in total. The van der Waals surface area contributed by atoms with Gasteiger partial charge in [0, 0.05) is 11.6 Å². The van der Waals surface area contributed by atoms with Crippen molar-refractivity contribution in [3.05, 3.63) is 35.4 Å². The van der Waals surface area contributed by atoms with Crippen LogP contribution in [0.5, 0.6) is 0 Å². The molecule has 1 aromatic carbocycles. The van der Waals surface area contributed by atoms with Gasteiger partial charge in [-0.3, -0.25) is 0 Å². The third kappa shape index (κ3) is 1.57. The van der Waals surface area contributed by atoms with Gasteiger partial charge in [-0.15, -0.1) is 0 Å². The van der Waals surface area contributed by atoms with Crippen LogP contribution in [0.3, 0.4) is 0 Å². The van der Waals surface area contributed by atoms with Gasteiger partial charge in [-0.2, -0.15) is 0 Å². The number of carbonyl (C=O) groups excluding carboxylic acids is 1. The van der Waals surface area contributed by atoms with E-state index in [4.69, 9.17) is 4.74 Å². The number of esters is 1. The summed E-state index contributed by atoms with van der Waals surface area (Å²) < 4.78 is 35.8. The van der Waals surface area contributed by atoms with E-state index in [2.05, 4.69) is 4.74 Å². The molecule has 2 atom stereocenters. The number of halogens is 2. The lowest BCUT2D eigenvalue weighted by Crippen LogP contribution is -2.18. The lowest BCUT2D eigenvalue weighted by molar-refractivity contribution is -0.142. The third-order valence-corrected chi connectivity index (χ3v) is 2.69. The molecule has 1 aliphatic heterocycles. The summed E-state index contributed by atoms with van der Waals surface area (Å²) in [6, 6.07) is 3.16. The molecule has 1 saturated heterocycles. The van der Waals surface area contributed by atoms with Crippen molar-refractivity contribution in [2.45, 2.75) is 18.6 Å². The first kappa shape index (κ1) is 11.0. The molecule has 2 rings (SSSR count). The maximum absolute atomic E-state index is 13.5. The lowest BCUT2D eigenvalue weighted by Gasteiger charge is -2.07. The molecule has 16 heavy (non-hydrogen) atoms. The van der Waals surface area contributed by atoms with Gasteiger partial charge in [0.15, 0.2) is 6.10 Å². The maximum atomic E-state index is 13.5. The molecule has 0 aromatic heterocycles. The van der Waals surface area contributed by atoms with Crippen molar-refractivity contribution in [1.29, 1.82) is 0 Å². The van der Waals surface area contributed by atoms with Crippen LogP contribution in [0.15, 0.2) is 18.2 Å². The number of hydrogen-bond donors (Lipinski definition) is 0. The van der Waals surface area contributed by atoms with Crippen LogP contribution in [-0.2, 0) is 19.9 Å². The minimum Gasteiger partial charge on any atom is -0.467 e. The van der Waals surface area contributed by atoms with E-state index in [-0.39, 0.29) is 5.56 Å². The van der Waals surface area contributed by atoms with Gasteiger partial charge in [-0.05, 0) is 13.0 Å². The molecule has 86 valence electrons. The van der Waals surface area contributed by atoms with Gasteiger partial charge in [-0.1, -0.05) is 6.07 Å². The van der Waals surface area contributed by atoms with E-state index < -0.39 is 29.3 Å². The smallest absolute Gasteiger partial charge is 0.338 e.